The smallest absolute Gasteiger partial charge is 0.331 e. The lowest BCUT2D eigenvalue weighted by Crippen LogP contribution is -2.50. The van der Waals surface area contributed by atoms with Crippen molar-refractivity contribution in [3.8, 4) is 0 Å². The van der Waals surface area contributed by atoms with Gasteiger partial charge in [0, 0.05) is 23.6 Å². The number of hydrogen-bond acceptors (Lipinski definition) is 4. The average molecular weight is 374 g/mol. The number of hydrogen-bond donors (Lipinski definition) is 0. The van der Waals surface area contributed by atoms with E-state index in [1.165, 1.54) is 36.7 Å². The second-order valence-corrected chi connectivity index (χ2v) is 7.94. The van der Waals surface area contributed by atoms with Gasteiger partial charge in [-0.2, -0.15) is 0 Å². The number of carbonyl (C=O) groups is 2. The Kier molecular flexibility index (Phi) is 6.78. The summed E-state index contributed by atoms with van der Waals surface area (Å²) in [6.45, 7) is 0.646. The van der Waals surface area contributed by atoms with Crippen molar-refractivity contribution in [1.29, 1.82) is 0 Å². The molecule has 1 aromatic rings. The van der Waals surface area contributed by atoms with Gasteiger partial charge in [0.2, 0.25) is 0 Å². The van der Waals surface area contributed by atoms with Crippen LogP contribution in [0.5, 0.6) is 0 Å². The van der Waals surface area contributed by atoms with Crippen LogP contribution in [0.15, 0.2) is 35.2 Å². The molecular formula is C21H27NO3S. The van der Waals surface area contributed by atoms with Crippen molar-refractivity contribution in [2.75, 3.05) is 19.4 Å². The summed E-state index contributed by atoms with van der Waals surface area (Å²) in [7, 11) is 0. The summed E-state index contributed by atoms with van der Waals surface area (Å²) in [5.74, 6) is 0.124. The molecule has 2 fully saturated rings. The van der Waals surface area contributed by atoms with E-state index in [1.54, 1.807) is 17.8 Å². The lowest BCUT2D eigenvalue weighted by molar-refractivity contribution is -0.151. The molecule has 2 aliphatic rings. The van der Waals surface area contributed by atoms with Gasteiger partial charge in [-0.05, 0) is 61.6 Å². The summed E-state index contributed by atoms with van der Waals surface area (Å²) < 4.78 is 5.18. The molecule has 1 aliphatic carbocycles. The lowest BCUT2D eigenvalue weighted by Gasteiger charge is -2.44. The topological polar surface area (TPSA) is 46.6 Å². The fourth-order valence-corrected chi connectivity index (χ4v) is 4.49. The van der Waals surface area contributed by atoms with Gasteiger partial charge in [0.05, 0.1) is 0 Å². The first-order valence-electron chi connectivity index (χ1n) is 9.46. The Balaban J connectivity index is 1.48. The van der Waals surface area contributed by atoms with E-state index >= 15 is 0 Å². The molecule has 1 saturated heterocycles. The Bertz CT molecular complexity index is 654. The molecule has 26 heavy (non-hydrogen) atoms. The maximum absolute atomic E-state index is 12.5. The number of rotatable bonds is 5. The zero-order chi connectivity index (χ0) is 18.4. The third kappa shape index (κ3) is 4.91. The third-order valence-electron chi connectivity index (χ3n) is 5.43. The molecule has 1 aromatic carbocycles. The summed E-state index contributed by atoms with van der Waals surface area (Å²) in [5, 5.41) is 0. The molecule has 1 heterocycles. The van der Waals surface area contributed by atoms with Gasteiger partial charge in [-0.15, -0.1) is 11.8 Å². The highest BCUT2D eigenvalue weighted by molar-refractivity contribution is 7.98. The number of piperidine rings is 1. The first-order valence-corrected chi connectivity index (χ1v) is 10.7. The SMILES string of the molecule is CSc1ccc(/C=C/C(=O)OCC(=O)N2CCC[C@H]3CCCC[C@@H]32)cc1. The number of benzene rings is 1. The molecule has 0 unspecified atom stereocenters. The summed E-state index contributed by atoms with van der Waals surface area (Å²) in [6, 6.07) is 8.29. The number of nitrogens with zero attached hydrogens (tertiary/aromatic N) is 1. The summed E-state index contributed by atoms with van der Waals surface area (Å²) in [4.78, 5) is 27.6. The third-order valence-corrected chi connectivity index (χ3v) is 6.17. The minimum absolute atomic E-state index is 0.0485. The summed E-state index contributed by atoms with van der Waals surface area (Å²) in [5.41, 5.74) is 0.937. The van der Waals surface area contributed by atoms with E-state index in [0.717, 1.165) is 24.9 Å². The summed E-state index contributed by atoms with van der Waals surface area (Å²) >= 11 is 1.68. The van der Waals surface area contributed by atoms with Gasteiger partial charge < -0.3 is 9.64 Å². The van der Waals surface area contributed by atoms with Gasteiger partial charge >= 0.3 is 5.97 Å². The van der Waals surface area contributed by atoms with E-state index in [0.29, 0.717) is 12.0 Å². The minimum atomic E-state index is -0.468. The van der Waals surface area contributed by atoms with E-state index in [1.807, 2.05) is 35.4 Å². The number of carbonyl (C=O) groups excluding carboxylic acids is 2. The first kappa shape index (κ1) is 19.0. The van der Waals surface area contributed by atoms with Crippen molar-refractivity contribution in [3.05, 3.63) is 35.9 Å². The quantitative estimate of drug-likeness (QED) is 0.442. The van der Waals surface area contributed by atoms with Gasteiger partial charge in [0.1, 0.15) is 0 Å². The minimum Gasteiger partial charge on any atom is -0.452 e. The van der Waals surface area contributed by atoms with Crippen molar-refractivity contribution in [2.24, 2.45) is 5.92 Å². The lowest BCUT2D eigenvalue weighted by atomic mass is 9.78. The summed E-state index contributed by atoms with van der Waals surface area (Å²) in [6.07, 6.45) is 12.2. The number of esters is 1. The largest absolute Gasteiger partial charge is 0.452 e. The predicted octanol–water partition coefficient (Wildman–Crippen LogP) is 4.15. The van der Waals surface area contributed by atoms with Crippen LogP contribution in [-0.4, -0.2) is 42.2 Å². The standard InChI is InChI=1S/C21H27NO3S/c1-26-18-11-8-16(9-12-18)10-13-21(24)25-15-20(23)22-14-4-6-17-5-2-3-7-19(17)22/h8-13,17,19H,2-7,14-15H2,1H3/b13-10+/t17-,19+/m1/s1. The fourth-order valence-electron chi connectivity index (χ4n) is 4.08. The normalized spacial score (nSPS) is 22.9. The second kappa shape index (κ2) is 9.26. The molecule has 1 aliphatic heterocycles. The monoisotopic (exact) mass is 373 g/mol. The van der Waals surface area contributed by atoms with E-state index in [4.69, 9.17) is 4.74 Å². The van der Waals surface area contributed by atoms with Gasteiger partial charge in [0.25, 0.3) is 5.91 Å². The van der Waals surface area contributed by atoms with Crippen LogP contribution < -0.4 is 0 Å². The highest BCUT2D eigenvalue weighted by atomic mass is 32.2. The van der Waals surface area contributed by atoms with Crippen LogP contribution in [0, 0.1) is 5.92 Å². The van der Waals surface area contributed by atoms with Gasteiger partial charge in [0.15, 0.2) is 6.61 Å². The molecule has 140 valence electrons. The highest BCUT2D eigenvalue weighted by Gasteiger charge is 2.35. The fraction of sp³-hybridized carbons (Fsp3) is 0.524. The maximum atomic E-state index is 12.5. The number of fused-ring (bicyclic) bond motifs is 1. The van der Waals surface area contributed by atoms with Crippen LogP contribution in [0.25, 0.3) is 6.08 Å². The molecule has 2 atom stereocenters. The molecular weight excluding hydrogens is 346 g/mol. The Morgan fingerprint density at radius 2 is 1.88 bits per heavy atom. The van der Waals surface area contributed by atoms with Gasteiger partial charge in [-0.1, -0.05) is 25.0 Å². The first-order chi connectivity index (χ1) is 12.7. The zero-order valence-electron chi connectivity index (χ0n) is 15.4. The molecule has 0 aromatic heterocycles. The van der Waals surface area contributed by atoms with Crippen LogP contribution in [0.4, 0.5) is 0 Å². The highest BCUT2D eigenvalue weighted by Crippen LogP contribution is 2.35. The van der Waals surface area contributed by atoms with E-state index < -0.39 is 5.97 Å². The molecule has 5 heteroatoms. The average Bonchev–Trinajstić information content (AvgIpc) is 2.70. The van der Waals surface area contributed by atoms with E-state index in [9.17, 15) is 9.59 Å². The molecule has 4 nitrogen and oxygen atoms in total. The zero-order valence-corrected chi connectivity index (χ0v) is 16.2. The predicted molar refractivity (Wildman–Crippen MR) is 105 cm³/mol. The van der Waals surface area contributed by atoms with Crippen LogP contribution in [-0.2, 0) is 14.3 Å². The van der Waals surface area contributed by atoms with Crippen molar-refractivity contribution >= 4 is 29.7 Å². The van der Waals surface area contributed by atoms with E-state index in [-0.39, 0.29) is 12.5 Å². The molecule has 0 N–H and O–H groups in total. The van der Waals surface area contributed by atoms with Crippen molar-refractivity contribution in [1.82, 2.24) is 4.90 Å². The van der Waals surface area contributed by atoms with Crippen LogP contribution >= 0.6 is 11.8 Å². The van der Waals surface area contributed by atoms with Crippen molar-refractivity contribution in [2.45, 2.75) is 49.5 Å². The van der Waals surface area contributed by atoms with E-state index in [2.05, 4.69) is 0 Å². The molecule has 1 amide bonds. The Morgan fingerprint density at radius 3 is 2.65 bits per heavy atom. The molecule has 1 saturated carbocycles. The maximum Gasteiger partial charge on any atom is 0.331 e. The molecule has 3 rings (SSSR count). The molecule has 0 bridgehead atoms. The van der Waals surface area contributed by atoms with Crippen molar-refractivity contribution < 1.29 is 14.3 Å². The van der Waals surface area contributed by atoms with Crippen LogP contribution in [0.2, 0.25) is 0 Å². The number of likely N-dealkylation sites (tertiary alicyclic amines) is 1. The van der Waals surface area contributed by atoms with Crippen LogP contribution in [0.3, 0.4) is 0 Å². The Hall–Kier alpha value is -1.75. The number of ether oxygens (including phenoxy) is 1. The Labute approximate surface area is 160 Å². The molecule has 0 radical (unpaired) electrons. The number of thioether (sulfide) groups is 1. The van der Waals surface area contributed by atoms with Gasteiger partial charge in [-0.3, -0.25) is 4.79 Å². The Morgan fingerprint density at radius 1 is 1.15 bits per heavy atom. The van der Waals surface area contributed by atoms with Crippen molar-refractivity contribution in [3.63, 3.8) is 0 Å². The number of amides is 1. The van der Waals surface area contributed by atoms with Crippen LogP contribution in [0.1, 0.15) is 44.1 Å². The molecule has 0 spiro atoms. The van der Waals surface area contributed by atoms with Gasteiger partial charge in [-0.25, -0.2) is 4.79 Å². The second-order valence-electron chi connectivity index (χ2n) is 7.06.